The second kappa shape index (κ2) is 3.40. The molecule has 2 N–H and O–H groups in total. The maximum atomic E-state index is 10.4. The van der Waals surface area contributed by atoms with E-state index in [1.54, 1.807) is 0 Å². The van der Waals surface area contributed by atoms with Crippen molar-refractivity contribution in [2.24, 2.45) is 0 Å². The number of hydrogen-bond donors (Lipinski definition) is 2. The van der Waals surface area contributed by atoms with Crippen LogP contribution in [0.2, 0.25) is 0 Å². The van der Waals surface area contributed by atoms with E-state index in [4.69, 9.17) is 5.11 Å². The van der Waals surface area contributed by atoms with Crippen molar-refractivity contribution in [3.05, 3.63) is 0 Å². The topological polar surface area (TPSA) is 60.8 Å². The maximum absolute atomic E-state index is 10.4. The highest BCUT2D eigenvalue weighted by atomic mass is 79.9. The fraction of sp³-hybridized carbons (Fsp3) is 0.833. The van der Waals surface area contributed by atoms with E-state index in [0.717, 1.165) is 0 Å². The Morgan fingerprint density at radius 1 is 1.64 bits per heavy atom. The molecule has 1 amide bonds. The van der Waals surface area contributed by atoms with Crippen LogP contribution >= 0.6 is 15.9 Å². The zero-order valence-electron chi connectivity index (χ0n) is 5.90. The molecule has 1 saturated heterocycles. The second-order valence-corrected chi connectivity index (χ2v) is 3.78. The summed E-state index contributed by atoms with van der Waals surface area (Å²) in [4.78, 5) is 11.7. The summed E-state index contributed by atoms with van der Waals surface area (Å²) in [5.74, 6) is 0. The third-order valence-corrected chi connectivity index (χ3v) is 2.84. The van der Waals surface area contributed by atoms with E-state index in [0.29, 0.717) is 13.0 Å². The van der Waals surface area contributed by atoms with E-state index in [1.165, 1.54) is 4.90 Å². The minimum Gasteiger partial charge on any atom is -0.465 e. The molecule has 0 unspecified atom stereocenters. The van der Waals surface area contributed by atoms with E-state index in [1.807, 2.05) is 0 Å². The second-order valence-electron chi connectivity index (χ2n) is 2.60. The first kappa shape index (κ1) is 8.80. The smallest absolute Gasteiger partial charge is 0.407 e. The molecule has 1 heterocycles. The van der Waals surface area contributed by atoms with Gasteiger partial charge in [0, 0.05) is 11.4 Å². The lowest BCUT2D eigenvalue weighted by molar-refractivity contribution is 0.0716. The molecular formula is C6H10BrNO3. The van der Waals surface area contributed by atoms with Crippen LogP contribution in [0.25, 0.3) is 0 Å². The highest BCUT2D eigenvalue weighted by Gasteiger charge is 2.27. The summed E-state index contributed by atoms with van der Waals surface area (Å²) in [6.45, 7) is 0.716. The summed E-state index contributed by atoms with van der Waals surface area (Å²) in [6.07, 6.45) is -0.851. The van der Waals surface area contributed by atoms with E-state index in [9.17, 15) is 9.90 Å². The number of carboxylic acid groups (broad SMARTS) is 1. The predicted octanol–water partition coefficient (Wildman–Crippen LogP) is 0.494. The van der Waals surface area contributed by atoms with Gasteiger partial charge in [0.15, 0.2) is 0 Å². The van der Waals surface area contributed by atoms with Crippen molar-refractivity contribution >= 4 is 22.0 Å². The number of piperidine rings is 1. The average Bonchev–Trinajstić information content (AvgIpc) is 1.94. The Morgan fingerprint density at radius 3 is 2.73 bits per heavy atom. The normalized spacial score (nSPS) is 32.0. The standard InChI is InChI=1S/C6H10BrNO3/c7-4-1-2-8(6(10)11)3-5(4)9/h4-5,9H,1-3H2,(H,10,11)/t4-,5-/m0/s1. The van der Waals surface area contributed by atoms with Crippen molar-refractivity contribution in [1.82, 2.24) is 4.90 Å². The molecule has 4 nitrogen and oxygen atoms in total. The molecule has 11 heavy (non-hydrogen) atoms. The van der Waals surface area contributed by atoms with Crippen LogP contribution < -0.4 is 0 Å². The van der Waals surface area contributed by atoms with Gasteiger partial charge in [0.1, 0.15) is 0 Å². The number of rotatable bonds is 0. The zero-order valence-corrected chi connectivity index (χ0v) is 7.49. The van der Waals surface area contributed by atoms with E-state index in [2.05, 4.69) is 15.9 Å². The third-order valence-electron chi connectivity index (χ3n) is 1.77. The van der Waals surface area contributed by atoms with Crippen molar-refractivity contribution in [1.29, 1.82) is 0 Å². The number of amides is 1. The summed E-state index contributed by atoms with van der Waals surface area (Å²) in [7, 11) is 0. The number of aliphatic hydroxyl groups is 1. The van der Waals surface area contributed by atoms with Crippen LogP contribution in [-0.4, -0.2) is 45.2 Å². The van der Waals surface area contributed by atoms with Gasteiger partial charge < -0.3 is 15.1 Å². The minimum absolute atomic E-state index is 0.0399. The number of carbonyl (C=O) groups is 1. The van der Waals surface area contributed by atoms with E-state index >= 15 is 0 Å². The fourth-order valence-electron chi connectivity index (χ4n) is 1.08. The van der Waals surface area contributed by atoms with E-state index in [-0.39, 0.29) is 11.4 Å². The van der Waals surface area contributed by atoms with Gasteiger partial charge in [0.25, 0.3) is 0 Å². The molecule has 1 aliphatic rings. The van der Waals surface area contributed by atoms with Gasteiger partial charge in [-0.3, -0.25) is 0 Å². The van der Waals surface area contributed by atoms with Crippen molar-refractivity contribution < 1.29 is 15.0 Å². The number of aliphatic hydroxyl groups excluding tert-OH is 1. The summed E-state index contributed by atoms with van der Waals surface area (Å²) >= 11 is 3.26. The SMILES string of the molecule is O=C(O)N1CC[C@H](Br)[C@@H](O)C1. The molecule has 2 atom stereocenters. The quantitative estimate of drug-likeness (QED) is 0.589. The maximum Gasteiger partial charge on any atom is 0.407 e. The van der Waals surface area contributed by atoms with Crippen molar-refractivity contribution in [2.45, 2.75) is 17.4 Å². The lowest BCUT2D eigenvalue weighted by Crippen LogP contribution is -2.46. The molecule has 1 aliphatic heterocycles. The molecule has 0 spiro atoms. The van der Waals surface area contributed by atoms with Gasteiger partial charge in [-0.15, -0.1) is 0 Å². The molecule has 5 heteroatoms. The predicted molar refractivity (Wildman–Crippen MR) is 42.9 cm³/mol. The van der Waals surface area contributed by atoms with Crippen molar-refractivity contribution in [3.8, 4) is 0 Å². The highest BCUT2D eigenvalue weighted by Crippen LogP contribution is 2.17. The molecule has 64 valence electrons. The molecule has 1 fully saturated rings. The minimum atomic E-state index is -0.955. The third kappa shape index (κ3) is 2.07. The number of β-amino-alcohol motifs (C(OH)–C–C–N with tert-alkyl or cyclic N) is 1. The molecule has 0 saturated carbocycles. The van der Waals surface area contributed by atoms with Crippen LogP contribution in [0.3, 0.4) is 0 Å². The van der Waals surface area contributed by atoms with Gasteiger partial charge in [0.05, 0.1) is 12.6 Å². The Bertz CT molecular complexity index is 164. The average molecular weight is 224 g/mol. The number of likely N-dealkylation sites (tertiary alicyclic amines) is 1. The van der Waals surface area contributed by atoms with Gasteiger partial charge >= 0.3 is 6.09 Å². The summed E-state index contributed by atoms with van der Waals surface area (Å²) in [5, 5.41) is 17.8. The monoisotopic (exact) mass is 223 g/mol. The first-order valence-electron chi connectivity index (χ1n) is 3.41. The number of nitrogens with zero attached hydrogens (tertiary/aromatic N) is 1. The lowest BCUT2D eigenvalue weighted by Gasteiger charge is -2.31. The first-order valence-corrected chi connectivity index (χ1v) is 4.33. The fourth-order valence-corrected chi connectivity index (χ4v) is 1.45. The highest BCUT2D eigenvalue weighted by molar-refractivity contribution is 9.09. The summed E-state index contributed by atoms with van der Waals surface area (Å²) in [5.41, 5.74) is 0. The van der Waals surface area contributed by atoms with Crippen LogP contribution in [-0.2, 0) is 0 Å². The summed E-state index contributed by atoms with van der Waals surface area (Å²) < 4.78 is 0. The van der Waals surface area contributed by atoms with Crippen LogP contribution in [0.1, 0.15) is 6.42 Å². The zero-order chi connectivity index (χ0) is 8.43. The van der Waals surface area contributed by atoms with Crippen molar-refractivity contribution in [2.75, 3.05) is 13.1 Å². The Labute approximate surface area is 72.9 Å². The van der Waals surface area contributed by atoms with Crippen molar-refractivity contribution in [3.63, 3.8) is 0 Å². The number of alkyl halides is 1. The molecule has 0 aromatic heterocycles. The Morgan fingerprint density at radius 2 is 2.27 bits per heavy atom. The van der Waals surface area contributed by atoms with Crippen LogP contribution in [0.5, 0.6) is 0 Å². The summed E-state index contributed by atoms with van der Waals surface area (Å²) in [6, 6.07) is 0. The Balaban J connectivity index is 2.46. The number of halogens is 1. The van der Waals surface area contributed by atoms with Gasteiger partial charge in [-0.1, -0.05) is 15.9 Å². The molecule has 0 aromatic rings. The van der Waals surface area contributed by atoms with Crippen LogP contribution in [0.4, 0.5) is 4.79 Å². The molecule has 0 aliphatic carbocycles. The van der Waals surface area contributed by atoms with Crippen LogP contribution in [0, 0.1) is 0 Å². The molecule has 1 rings (SSSR count). The number of hydrogen-bond acceptors (Lipinski definition) is 2. The molecule has 0 radical (unpaired) electrons. The van der Waals surface area contributed by atoms with Gasteiger partial charge in [-0.05, 0) is 6.42 Å². The van der Waals surface area contributed by atoms with Crippen LogP contribution in [0.15, 0.2) is 0 Å². The molecule has 0 bridgehead atoms. The van der Waals surface area contributed by atoms with E-state index < -0.39 is 12.2 Å². The molecular weight excluding hydrogens is 214 g/mol. The Kier molecular flexibility index (Phi) is 2.72. The first-order chi connectivity index (χ1) is 5.11. The van der Waals surface area contributed by atoms with Gasteiger partial charge in [-0.25, -0.2) is 4.79 Å². The molecule has 0 aromatic carbocycles. The van der Waals surface area contributed by atoms with Gasteiger partial charge in [0.2, 0.25) is 0 Å². The largest absolute Gasteiger partial charge is 0.465 e. The Hall–Kier alpha value is -0.290. The van der Waals surface area contributed by atoms with Gasteiger partial charge in [-0.2, -0.15) is 0 Å². The lowest BCUT2D eigenvalue weighted by atomic mass is 10.1.